The molecule has 0 amide bonds. The van der Waals surface area contributed by atoms with E-state index in [2.05, 4.69) is 0 Å². The number of hydrogen-bond donors (Lipinski definition) is 1. The standard InChI is InChI=1S/C13H19NO3/c1-9(2)17-13(15)8-16-12-6-4-5-11(7-12)10(3)14/h4-7,9-10H,8,14H2,1-3H3/t10-/m1/s1. The van der Waals surface area contributed by atoms with E-state index in [0.29, 0.717) is 5.75 Å². The Hall–Kier alpha value is -1.55. The Morgan fingerprint density at radius 1 is 1.35 bits per heavy atom. The molecular weight excluding hydrogens is 218 g/mol. The molecule has 0 aromatic heterocycles. The Morgan fingerprint density at radius 2 is 2.06 bits per heavy atom. The van der Waals surface area contributed by atoms with E-state index in [9.17, 15) is 4.79 Å². The molecule has 94 valence electrons. The van der Waals surface area contributed by atoms with Crippen LogP contribution in [0.1, 0.15) is 32.4 Å². The molecule has 1 aromatic rings. The summed E-state index contributed by atoms with van der Waals surface area (Å²) < 4.78 is 10.3. The van der Waals surface area contributed by atoms with Crippen LogP contribution in [-0.4, -0.2) is 18.7 Å². The van der Waals surface area contributed by atoms with Crippen molar-refractivity contribution in [3.05, 3.63) is 29.8 Å². The first-order valence-electron chi connectivity index (χ1n) is 5.67. The molecule has 0 unspecified atom stereocenters. The average molecular weight is 237 g/mol. The molecule has 0 saturated carbocycles. The minimum Gasteiger partial charge on any atom is -0.482 e. The monoisotopic (exact) mass is 237 g/mol. The van der Waals surface area contributed by atoms with Crippen molar-refractivity contribution in [1.29, 1.82) is 0 Å². The number of benzene rings is 1. The highest BCUT2D eigenvalue weighted by Crippen LogP contribution is 2.17. The van der Waals surface area contributed by atoms with Crippen LogP contribution in [-0.2, 0) is 9.53 Å². The predicted octanol–water partition coefficient (Wildman–Crippen LogP) is 2.04. The molecule has 0 fully saturated rings. The lowest BCUT2D eigenvalue weighted by atomic mass is 10.1. The van der Waals surface area contributed by atoms with Crippen molar-refractivity contribution >= 4 is 5.97 Å². The molecule has 0 radical (unpaired) electrons. The molecule has 4 nitrogen and oxygen atoms in total. The maximum atomic E-state index is 11.3. The maximum Gasteiger partial charge on any atom is 0.344 e. The van der Waals surface area contributed by atoms with Crippen LogP contribution in [0.4, 0.5) is 0 Å². The van der Waals surface area contributed by atoms with E-state index in [-0.39, 0.29) is 24.7 Å². The van der Waals surface area contributed by atoms with E-state index in [1.807, 2.05) is 25.1 Å². The summed E-state index contributed by atoms with van der Waals surface area (Å²) in [6.45, 7) is 5.41. The molecule has 0 spiro atoms. The van der Waals surface area contributed by atoms with Crippen molar-refractivity contribution < 1.29 is 14.3 Å². The summed E-state index contributed by atoms with van der Waals surface area (Å²) in [5.74, 6) is 0.256. The van der Waals surface area contributed by atoms with Crippen molar-refractivity contribution in [2.24, 2.45) is 5.73 Å². The van der Waals surface area contributed by atoms with Crippen LogP contribution >= 0.6 is 0 Å². The van der Waals surface area contributed by atoms with Gasteiger partial charge in [0.05, 0.1) is 6.10 Å². The molecule has 2 N–H and O–H groups in total. The molecule has 0 saturated heterocycles. The molecule has 0 aliphatic rings. The second-order valence-electron chi connectivity index (χ2n) is 4.19. The Labute approximate surface area is 102 Å². The van der Waals surface area contributed by atoms with E-state index >= 15 is 0 Å². The molecule has 17 heavy (non-hydrogen) atoms. The normalized spacial score (nSPS) is 12.3. The molecule has 1 rings (SSSR count). The Balaban J connectivity index is 2.52. The fourth-order valence-electron chi connectivity index (χ4n) is 1.33. The summed E-state index contributed by atoms with van der Waals surface area (Å²) in [5.41, 5.74) is 6.73. The van der Waals surface area contributed by atoms with Gasteiger partial charge < -0.3 is 15.2 Å². The minimum absolute atomic E-state index is 0.0545. The summed E-state index contributed by atoms with van der Waals surface area (Å²) >= 11 is 0. The highest BCUT2D eigenvalue weighted by atomic mass is 16.6. The van der Waals surface area contributed by atoms with Crippen LogP contribution in [0.3, 0.4) is 0 Å². The second-order valence-corrected chi connectivity index (χ2v) is 4.19. The Kier molecular flexibility index (Phi) is 4.97. The fraction of sp³-hybridized carbons (Fsp3) is 0.462. The van der Waals surface area contributed by atoms with Gasteiger partial charge in [0.15, 0.2) is 6.61 Å². The topological polar surface area (TPSA) is 61.5 Å². The molecule has 0 aliphatic carbocycles. The maximum absolute atomic E-state index is 11.3. The van der Waals surface area contributed by atoms with Crippen LogP contribution in [0.2, 0.25) is 0 Å². The van der Waals surface area contributed by atoms with E-state index in [0.717, 1.165) is 5.56 Å². The molecule has 1 aromatic carbocycles. The first kappa shape index (κ1) is 13.5. The zero-order valence-corrected chi connectivity index (χ0v) is 10.5. The highest BCUT2D eigenvalue weighted by Gasteiger charge is 2.07. The van der Waals surface area contributed by atoms with Crippen molar-refractivity contribution in [3.63, 3.8) is 0 Å². The van der Waals surface area contributed by atoms with Gasteiger partial charge in [-0.15, -0.1) is 0 Å². The lowest BCUT2D eigenvalue weighted by molar-refractivity contribution is -0.149. The highest BCUT2D eigenvalue weighted by molar-refractivity contribution is 5.71. The largest absolute Gasteiger partial charge is 0.482 e. The van der Waals surface area contributed by atoms with Gasteiger partial charge in [-0.25, -0.2) is 4.79 Å². The molecule has 0 heterocycles. The number of carbonyl (C=O) groups is 1. The number of carbonyl (C=O) groups excluding carboxylic acids is 1. The SMILES string of the molecule is CC(C)OC(=O)COc1cccc([C@@H](C)N)c1. The van der Waals surface area contributed by atoms with Gasteiger partial charge >= 0.3 is 5.97 Å². The van der Waals surface area contributed by atoms with Gasteiger partial charge in [-0.3, -0.25) is 0 Å². The summed E-state index contributed by atoms with van der Waals surface area (Å²) in [7, 11) is 0. The molecule has 4 heteroatoms. The molecule has 1 atom stereocenters. The third-order valence-corrected chi connectivity index (χ3v) is 2.11. The second kappa shape index (κ2) is 6.25. The third kappa shape index (κ3) is 4.87. The Bertz CT molecular complexity index is 375. The van der Waals surface area contributed by atoms with Crippen molar-refractivity contribution in [2.45, 2.75) is 32.9 Å². The number of rotatable bonds is 5. The summed E-state index contributed by atoms with van der Waals surface area (Å²) in [6, 6.07) is 7.33. The zero-order chi connectivity index (χ0) is 12.8. The third-order valence-electron chi connectivity index (χ3n) is 2.11. The van der Waals surface area contributed by atoms with Gasteiger partial charge in [0.25, 0.3) is 0 Å². The van der Waals surface area contributed by atoms with Crippen LogP contribution in [0, 0.1) is 0 Å². The summed E-state index contributed by atoms with van der Waals surface area (Å²) in [4.78, 5) is 11.3. The van der Waals surface area contributed by atoms with Crippen molar-refractivity contribution in [3.8, 4) is 5.75 Å². The van der Waals surface area contributed by atoms with E-state index in [4.69, 9.17) is 15.2 Å². The van der Waals surface area contributed by atoms with Gasteiger partial charge in [-0.1, -0.05) is 12.1 Å². The van der Waals surface area contributed by atoms with Gasteiger partial charge in [-0.2, -0.15) is 0 Å². The smallest absolute Gasteiger partial charge is 0.344 e. The van der Waals surface area contributed by atoms with Crippen LogP contribution in [0.25, 0.3) is 0 Å². The van der Waals surface area contributed by atoms with Crippen LogP contribution < -0.4 is 10.5 Å². The number of ether oxygens (including phenoxy) is 2. The number of nitrogens with two attached hydrogens (primary N) is 1. The Morgan fingerprint density at radius 3 is 2.65 bits per heavy atom. The predicted molar refractivity (Wildman–Crippen MR) is 65.8 cm³/mol. The minimum atomic E-state index is -0.369. The lowest BCUT2D eigenvalue weighted by Crippen LogP contribution is -2.18. The van der Waals surface area contributed by atoms with E-state index in [1.165, 1.54) is 0 Å². The summed E-state index contributed by atoms with van der Waals surface area (Å²) in [5, 5.41) is 0. The summed E-state index contributed by atoms with van der Waals surface area (Å²) in [6.07, 6.45) is -0.124. The first-order chi connectivity index (χ1) is 7.99. The fourth-order valence-corrected chi connectivity index (χ4v) is 1.33. The average Bonchev–Trinajstić information content (AvgIpc) is 2.26. The number of esters is 1. The first-order valence-corrected chi connectivity index (χ1v) is 5.67. The van der Waals surface area contributed by atoms with Crippen LogP contribution in [0.15, 0.2) is 24.3 Å². The van der Waals surface area contributed by atoms with E-state index < -0.39 is 0 Å². The van der Waals surface area contributed by atoms with Crippen LogP contribution in [0.5, 0.6) is 5.75 Å². The number of hydrogen-bond acceptors (Lipinski definition) is 4. The van der Waals surface area contributed by atoms with Gasteiger partial charge in [-0.05, 0) is 38.5 Å². The molecule has 0 bridgehead atoms. The molecule has 0 aliphatic heterocycles. The van der Waals surface area contributed by atoms with Crippen molar-refractivity contribution in [2.75, 3.05) is 6.61 Å². The lowest BCUT2D eigenvalue weighted by Gasteiger charge is -2.11. The van der Waals surface area contributed by atoms with Gasteiger partial charge in [0.2, 0.25) is 0 Å². The molecular formula is C13H19NO3. The van der Waals surface area contributed by atoms with Crippen molar-refractivity contribution in [1.82, 2.24) is 0 Å². The quantitative estimate of drug-likeness (QED) is 0.796. The van der Waals surface area contributed by atoms with Gasteiger partial charge in [0.1, 0.15) is 5.75 Å². The van der Waals surface area contributed by atoms with E-state index in [1.54, 1.807) is 19.9 Å². The zero-order valence-electron chi connectivity index (χ0n) is 10.5. The van der Waals surface area contributed by atoms with Gasteiger partial charge in [0, 0.05) is 6.04 Å².